The number of hydrogen-bond acceptors (Lipinski definition) is 4. The summed E-state index contributed by atoms with van der Waals surface area (Å²) in [6.07, 6.45) is 0.710. The van der Waals surface area contributed by atoms with Crippen LogP contribution >= 0.6 is 0 Å². The molecule has 0 bridgehead atoms. The Morgan fingerprint density at radius 2 is 1.67 bits per heavy atom. The van der Waals surface area contributed by atoms with Crippen LogP contribution in [0.3, 0.4) is 0 Å². The number of aromatic nitrogens is 2. The van der Waals surface area contributed by atoms with Gasteiger partial charge in [0.15, 0.2) is 23.3 Å². The molecule has 0 aliphatic heterocycles. The molecule has 1 amide bonds. The summed E-state index contributed by atoms with van der Waals surface area (Å²) in [4.78, 5) is 21.2. The number of nitrogens with zero attached hydrogens (tertiary/aromatic N) is 3. The van der Waals surface area contributed by atoms with Crippen molar-refractivity contribution in [3.8, 4) is 0 Å². The Kier molecular flexibility index (Phi) is 4.76. The normalized spacial score (nSPS) is 10.7. The zero-order valence-electron chi connectivity index (χ0n) is 11.5. The maximum Gasteiger partial charge on any atom is 0.389 e. The molecule has 0 fully saturated rings. The first-order chi connectivity index (χ1) is 11.2. The second-order valence-corrected chi connectivity index (χ2v) is 4.44. The highest BCUT2D eigenvalue weighted by Gasteiger charge is 2.26. The van der Waals surface area contributed by atoms with Gasteiger partial charge in [-0.1, -0.05) is 0 Å². The summed E-state index contributed by atoms with van der Waals surface area (Å²) in [5.74, 6) is -12.6. The zero-order valence-corrected chi connectivity index (χ0v) is 11.5. The van der Waals surface area contributed by atoms with Crippen LogP contribution in [0.4, 0.5) is 33.5 Å². The average Bonchev–Trinajstić information content (AvgIpc) is 3.02. The second kappa shape index (κ2) is 6.60. The van der Waals surface area contributed by atoms with Gasteiger partial charge in [0.05, 0.1) is 23.9 Å². The van der Waals surface area contributed by atoms with Crippen LogP contribution in [0.1, 0.15) is 6.42 Å². The van der Waals surface area contributed by atoms with Crippen molar-refractivity contribution in [1.29, 1.82) is 0 Å². The number of carbonyl (C=O) groups excluding carboxylic acids is 1. The number of rotatable bonds is 5. The highest BCUT2D eigenvalue weighted by molar-refractivity contribution is 5.90. The van der Waals surface area contributed by atoms with Gasteiger partial charge in [-0.2, -0.15) is 4.68 Å². The van der Waals surface area contributed by atoms with Crippen molar-refractivity contribution in [2.24, 2.45) is 0 Å². The zero-order chi connectivity index (χ0) is 18.0. The van der Waals surface area contributed by atoms with E-state index in [-0.39, 0.29) is 6.54 Å². The van der Waals surface area contributed by atoms with Crippen molar-refractivity contribution in [1.82, 2.24) is 9.78 Å². The molecule has 0 unspecified atom stereocenters. The Morgan fingerprint density at radius 3 is 2.17 bits per heavy atom. The fraction of sp³-hybridized carbons (Fsp3) is 0.167. The van der Waals surface area contributed by atoms with E-state index in [9.17, 15) is 36.9 Å². The van der Waals surface area contributed by atoms with Gasteiger partial charge in [0.25, 0.3) is 0 Å². The molecule has 24 heavy (non-hydrogen) atoms. The smallest absolute Gasteiger partial charge is 0.358 e. The van der Waals surface area contributed by atoms with E-state index < -0.39 is 57.8 Å². The van der Waals surface area contributed by atoms with Gasteiger partial charge < -0.3 is 15.4 Å². The van der Waals surface area contributed by atoms with Crippen LogP contribution in [-0.4, -0.2) is 20.6 Å². The van der Waals surface area contributed by atoms with Crippen molar-refractivity contribution in [2.75, 3.05) is 5.32 Å². The number of benzene rings is 1. The lowest BCUT2D eigenvalue weighted by molar-refractivity contribution is -0.389. The predicted octanol–water partition coefficient (Wildman–Crippen LogP) is 2.52. The maximum absolute atomic E-state index is 13.4. The number of hydrogen-bond donors (Lipinski definition) is 1. The summed E-state index contributed by atoms with van der Waals surface area (Å²) in [5.41, 5.74) is -1.47. The fourth-order valence-corrected chi connectivity index (χ4v) is 1.71. The van der Waals surface area contributed by atoms with Gasteiger partial charge in [0.1, 0.15) is 5.69 Å². The third kappa shape index (κ3) is 3.31. The van der Waals surface area contributed by atoms with E-state index in [1.807, 2.05) is 0 Å². The van der Waals surface area contributed by atoms with Crippen LogP contribution in [-0.2, 0) is 11.3 Å². The molecular formula is C12H7F5N4O3. The topological polar surface area (TPSA) is 90.1 Å². The van der Waals surface area contributed by atoms with Crippen LogP contribution in [0.5, 0.6) is 0 Å². The predicted molar refractivity (Wildman–Crippen MR) is 68.4 cm³/mol. The van der Waals surface area contributed by atoms with Crippen molar-refractivity contribution in [3.63, 3.8) is 0 Å². The van der Waals surface area contributed by atoms with Crippen LogP contribution in [0, 0.1) is 39.2 Å². The molecule has 0 radical (unpaired) electrons. The minimum absolute atomic E-state index is 0.213. The highest BCUT2D eigenvalue weighted by atomic mass is 19.2. The number of aryl methyl sites for hydroxylation is 1. The number of amides is 1. The van der Waals surface area contributed by atoms with Crippen molar-refractivity contribution >= 4 is 17.4 Å². The summed E-state index contributed by atoms with van der Waals surface area (Å²) in [6, 6.07) is 1.06. The van der Waals surface area contributed by atoms with Gasteiger partial charge >= 0.3 is 5.82 Å². The summed E-state index contributed by atoms with van der Waals surface area (Å²) in [7, 11) is 0. The van der Waals surface area contributed by atoms with Crippen molar-refractivity contribution in [2.45, 2.75) is 13.0 Å². The number of anilines is 1. The molecule has 12 heteroatoms. The van der Waals surface area contributed by atoms with Gasteiger partial charge in [0, 0.05) is 6.42 Å². The number of nitrogens with one attached hydrogen (secondary N) is 1. The van der Waals surface area contributed by atoms with E-state index >= 15 is 0 Å². The molecule has 2 rings (SSSR count). The molecule has 0 saturated heterocycles. The Balaban J connectivity index is 2.09. The number of carbonyl (C=O) groups is 1. The first-order valence-corrected chi connectivity index (χ1v) is 6.21. The monoisotopic (exact) mass is 350 g/mol. The van der Waals surface area contributed by atoms with Gasteiger partial charge in [-0.3, -0.25) is 4.79 Å². The molecule has 0 aliphatic carbocycles. The molecule has 7 nitrogen and oxygen atoms in total. The second-order valence-electron chi connectivity index (χ2n) is 4.44. The van der Waals surface area contributed by atoms with E-state index in [1.54, 1.807) is 5.32 Å². The van der Waals surface area contributed by atoms with Crippen molar-refractivity contribution in [3.05, 3.63) is 51.5 Å². The van der Waals surface area contributed by atoms with Gasteiger partial charge in [0.2, 0.25) is 11.7 Å². The molecule has 128 valence electrons. The fourth-order valence-electron chi connectivity index (χ4n) is 1.71. The SMILES string of the molecule is O=C(CCn1ccc([N+](=O)[O-])n1)Nc1c(F)c(F)c(F)c(F)c1F. The summed E-state index contributed by atoms with van der Waals surface area (Å²) >= 11 is 0. The maximum atomic E-state index is 13.4. The van der Waals surface area contributed by atoms with Crippen LogP contribution in [0.15, 0.2) is 12.3 Å². The first kappa shape index (κ1) is 17.3. The van der Waals surface area contributed by atoms with Crippen molar-refractivity contribution < 1.29 is 31.7 Å². The largest absolute Gasteiger partial charge is 0.389 e. The lowest BCUT2D eigenvalue weighted by Gasteiger charge is -2.09. The van der Waals surface area contributed by atoms with Crippen LogP contribution in [0.25, 0.3) is 0 Å². The van der Waals surface area contributed by atoms with Crippen LogP contribution < -0.4 is 5.32 Å². The summed E-state index contributed by atoms with van der Waals surface area (Å²) in [6.45, 7) is -0.213. The molecule has 0 atom stereocenters. The average molecular weight is 350 g/mol. The number of nitro groups is 1. The lowest BCUT2D eigenvalue weighted by atomic mass is 10.2. The minimum atomic E-state index is -2.34. The van der Waals surface area contributed by atoms with Gasteiger partial charge in [-0.05, 0) is 4.92 Å². The molecule has 2 aromatic rings. The molecule has 0 aliphatic rings. The molecular weight excluding hydrogens is 343 g/mol. The molecule has 1 heterocycles. The molecule has 0 saturated carbocycles. The quantitative estimate of drug-likeness (QED) is 0.295. The Morgan fingerprint density at radius 1 is 1.12 bits per heavy atom. The molecule has 1 aromatic carbocycles. The molecule has 1 N–H and O–H groups in total. The Labute approximate surface area is 129 Å². The van der Waals surface area contributed by atoms with E-state index in [2.05, 4.69) is 5.10 Å². The van der Waals surface area contributed by atoms with Gasteiger partial charge in [-0.15, -0.1) is 0 Å². The first-order valence-electron chi connectivity index (χ1n) is 6.21. The number of halogens is 5. The van der Waals surface area contributed by atoms with E-state index in [1.165, 1.54) is 6.20 Å². The summed E-state index contributed by atoms with van der Waals surface area (Å²) < 4.78 is 66.6. The molecule has 0 spiro atoms. The van der Waals surface area contributed by atoms with Gasteiger partial charge in [-0.25, -0.2) is 22.0 Å². The summed E-state index contributed by atoms with van der Waals surface area (Å²) in [5, 5.41) is 15.5. The van der Waals surface area contributed by atoms with E-state index in [0.717, 1.165) is 10.7 Å². The highest BCUT2D eigenvalue weighted by Crippen LogP contribution is 2.27. The third-order valence-corrected chi connectivity index (χ3v) is 2.86. The Bertz CT molecular complexity index is 794. The van der Waals surface area contributed by atoms with E-state index in [4.69, 9.17) is 0 Å². The molecule has 1 aromatic heterocycles. The minimum Gasteiger partial charge on any atom is -0.358 e. The van der Waals surface area contributed by atoms with E-state index in [0.29, 0.717) is 0 Å². The lowest BCUT2D eigenvalue weighted by Crippen LogP contribution is -2.18. The Hall–Kier alpha value is -3.05. The standard InChI is InChI=1S/C12H7F5N4O3/c13-7-8(14)10(16)12(11(17)9(7)15)18-6(22)2-4-20-3-1-5(19-20)21(23)24/h1,3H,2,4H2,(H,18,22). The van der Waals surface area contributed by atoms with Crippen LogP contribution in [0.2, 0.25) is 0 Å². The third-order valence-electron chi connectivity index (χ3n) is 2.86.